The predicted octanol–water partition coefficient (Wildman–Crippen LogP) is 3.75. The van der Waals surface area contributed by atoms with E-state index in [0.29, 0.717) is 23.1 Å². The first-order valence-corrected chi connectivity index (χ1v) is 7.67. The summed E-state index contributed by atoms with van der Waals surface area (Å²) in [5.74, 6) is 0.418. The van der Waals surface area contributed by atoms with Crippen LogP contribution in [0.4, 0.5) is 13.2 Å². The second-order valence-electron chi connectivity index (χ2n) is 5.30. The number of alkyl halides is 3. The van der Waals surface area contributed by atoms with E-state index in [4.69, 9.17) is 11.6 Å². The molecule has 0 aliphatic heterocycles. The van der Waals surface area contributed by atoms with Crippen molar-refractivity contribution in [1.29, 1.82) is 0 Å². The van der Waals surface area contributed by atoms with Crippen molar-refractivity contribution in [1.82, 2.24) is 25.5 Å². The summed E-state index contributed by atoms with van der Waals surface area (Å²) in [4.78, 5) is 8.04. The van der Waals surface area contributed by atoms with Gasteiger partial charge in [0.25, 0.3) is 0 Å². The summed E-state index contributed by atoms with van der Waals surface area (Å²) in [7, 11) is 0. The molecule has 0 radical (unpaired) electrons. The third kappa shape index (κ3) is 4.34. The van der Waals surface area contributed by atoms with E-state index < -0.39 is 17.8 Å². The molecule has 0 unspecified atom stereocenters. The molecular formula is C16H13ClF3N5. The third-order valence-electron chi connectivity index (χ3n) is 3.55. The van der Waals surface area contributed by atoms with Crippen LogP contribution in [0.15, 0.2) is 48.9 Å². The second-order valence-corrected chi connectivity index (χ2v) is 5.68. The Hall–Kier alpha value is -2.45. The van der Waals surface area contributed by atoms with Crippen molar-refractivity contribution < 1.29 is 13.2 Å². The summed E-state index contributed by atoms with van der Waals surface area (Å²) < 4.78 is 39.0. The highest BCUT2D eigenvalue weighted by molar-refractivity contribution is 6.29. The van der Waals surface area contributed by atoms with Crippen LogP contribution in [0.5, 0.6) is 0 Å². The number of hydrogen-bond acceptors (Lipinski definition) is 4. The van der Waals surface area contributed by atoms with Crippen LogP contribution < -0.4 is 5.32 Å². The summed E-state index contributed by atoms with van der Waals surface area (Å²) >= 11 is 5.75. The second kappa shape index (κ2) is 7.20. The largest absolute Gasteiger partial charge is 0.416 e. The molecule has 3 rings (SSSR count). The lowest BCUT2D eigenvalue weighted by molar-refractivity contribution is -0.137. The summed E-state index contributed by atoms with van der Waals surface area (Å²) in [6.45, 7) is 0.367. The Labute approximate surface area is 146 Å². The van der Waals surface area contributed by atoms with E-state index >= 15 is 0 Å². The maximum Gasteiger partial charge on any atom is 0.416 e. The maximum atomic E-state index is 13.0. The van der Waals surface area contributed by atoms with E-state index in [-0.39, 0.29) is 0 Å². The summed E-state index contributed by atoms with van der Waals surface area (Å²) in [6, 6.07) is 7.95. The molecule has 5 nitrogen and oxygen atoms in total. The zero-order valence-electron chi connectivity index (χ0n) is 12.8. The number of aromatic amines is 1. The van der Waals surface area contributed by atoms with Gasteiger partial charge in [-0.3, -0.25) is 10.4 Å². The molecule has 130 valence electrons. The topological polar surface area (TPSA) is 66.5 Å². The molecule has 0 saturated heterocycles. The Balaban J connectivity index is 1.87. The van der Waals surface area contributed by atoms with Gasteiger partial charge in [0, 0.05) is 12.7 Å². The van der Waals surface area contributed by atoms with Crippen molar-refractivity contribution in [2.75, 3.05) is 0 Å². The molecule has 2 heterocycles. The molecule has 1 aromatic carbocycles. The highest BCUT2D eigenvalue weighted by Crippen LogP contribution is 2.31. The van der Waals surface area contributed by atoms with Crippen LogP contribution >= 0.6 is 11.6 Å². The van der Waals surface area contributed by atoms with Gasteiger partial charge >= 0.3 is 6.18 Å². The van der Waals surface area contributed by atoms with Gasteiger partial charge in [-0.25, -0.2) is 9.97 Å². The van der Waals surface area contributed by atoms with Crippen molar-refractivity contribution >= 4 is 11.6 Å². The van der Waals surface area contributed by atoms with Gasteiger partial charge in [-0.05, 0) is 29.3 Å². The number of nitrogens with zero attached hydrogens (tertiary/aromatic N) is 3. The highest BCUT2D eigenvalue weighted by atomic mass is 35.5. The molecule has 0 spiro atoms. The number of halogens is 4. The Bertz CT molecular complexity index is 819. The average molecular weight is 368 g/mol. The molecule has 0 aliphatic carbocycles. The summed E-state index contributed by atoms with van der Waals surface area (Å²) in [6.07, 6.45) is -1.51. The van der Waals surface area contributed by atoms with Gasteiger partial charge in [0.05, 0.1) is 11.6 Å². The van der Waals surface area contributed by atoms with Gasteiger partial charge < -0.3 is 0 Å². The van der Waals surface area contributed by atoms with Gasteiger partial charge in [-0.2, -0.15) is 18.3 Å². The Morgan fingerprint density at radius 1 is 1.16 bits per heavy atom. The lowest BCUT2D eigenvalue weighted by Crippen LogP contribution is -2.23. The molecule has 25 heavy (non-hydrogen) atoms. The van der Waals surface area contributed by atoms with Crippen molar-refractivity contribution in [3.8, 4) is 0 Å². The number of benzene rings is 1. The number of hydrogen-bond donors (Lipinski definition) is 2. The van der Waals surface area contributed by atoms with Crippen LogP contribution in [-0.4, -0.2) is 20.2 Å². The molecule has 0 aliphatic rings. The molecule has 2 N–H and O–H groups in total. The van der Waals surface area contributed by atoms with Crippen molar-refractivity contribution in [3.63, 3.8) is 0 Å². The lowest BCUT2D eigenvalue weighted by atomic mass is 10.0. The standard InChI is InChI=1S/C16H13ClF3N5/c17-13-5-4-10(7-21-13)8-22-14(15-23-9-24-25-15)11-2-1-3-12(6-11)16(18,19)20/h1-7,9,14,22H,8H2,(H,23,24,25)/t14-/m0/s1. The normalized spacial score (nSPS) is 13.0. The van der Waals surface area contributed by atoms with E-state index in [1.165, 1.54) is 12.4 Å². The van der Waals surface area contributed by atoms with Crippen molar-refractivity contribution in [3.05, 3.63) is 76.6 Å². The van der Waals surface area contributed by atoms with E-state index in [9.17, 15) is 13.2 Å². The third-order valence-corrected chi connectivity index (χ3v) is 3.78. The highest BCUT2D eigenvalue weighted by Gasteiger charge is 2.31. The van der Waals surface area contributed by atoms with Crippen LogP contribution in [0.2, 0.25) is 5.15 Å². The SMILES string of the molecule is FC(F)(F)c1cccc([C@H](NCc2ccc(Cl)nc2)c2ncn[nH]2)c1. The van der Waals surface area contributed by atoms with Gasteiger partial charge in [0.15, 0.2) is 0 Å². The molecule has 2 aromatic heterocycles. The Morgan fingerprint density at radius 3 is 2.64 bits per heavy atom. The molecule has 0 saturated carbocycles. The minimum Gasteiger partial charge on any atom is -0.299 e. The van der Waals surface area contributed by atoms with E-state index in [0.717, 1.165) is 17.7 Å². The van der Waals surface area contributed by atoms with E-state index in [1.54, 1.807) is 24.4 Å². The molecule has 0 fully saturated rings. The molecular weight excluding hydrogens is 355 g/mol. The minimum atomic E-state index is -4.41. The van der Waals surface area contributed by atoms with Gasteiger partial charge in [0.1, 0.15) is 17.3 Å². The summed E-state index contributed by atoms with van der Waals surface area (Å²) in [5.41, 5.74) is 0.541. The van der Waals surface area contributed by atoms with Crippen LogP contribution in [0.3, 0.4) is 0 Å². The van der Waals surface area contributed by atoms with Crippen LogP contribution in [-0.2, 0) is 12.7 Å². The smallest absolute Gasteiger partial charge is 0.299 e. The van der Waals surface area contributed by atoms with Crippen LogP contribution in [0.1, 0.15) is 28.6 Å². The molecule has 0 bridgehead atoms. The monoisotopic (exact) mass is 367 g/mol. The zero-order valence-corrected chi connectivity index (χ0v) is 13.5. The van der Waals surface area contributed by atoms with Crippen molar-refractivity contribution in [2.24, 2.45) is 0 Å². The fourth-order valence-electron chi connectivity index (χ4n) is 2.35. The molecule has 3 aromatic rings. The first-order valence-electron chi connectivity index (χ1n) is 7.30. The number of nitrogens with one attached hydrogen (secondary N) is 2. The van der Waals surface area contributed by atoms with Gasteiger partial charge in [-0.1, -0.05) is 29.8 Å². The van der Waals surface area contributed by atoms with Gasteiger partial charge in [-0.15, -0.1) is 0 Å². The lowest BCUT2D eigenvalue weighted by Gasteiger charge is -2.18. The zero-order chi connectivity index (χ0) is 17.9. The quantitative estimate of drug-likeness (QED) is 0.674. The van der Waals surface area contributed by atoms with Crippen molar-refractivity contribution in [2.45, 2.75) is 18.8 Å². The Kier molecular flexibility index (Phi) is 5.00. The fraction of sp³-hybridized carbons (Fsp3) is 0.188. The van der Waals surface area contributed by atoms with E-state index in [2.05, 4.69) is 25.5 Å². The first kappa shape index (κ1) is 17.4. The summed E-state index contributed by atoms with van der Waals surface area (Å²) in [5, 5.41) is 10.0. The van der Waals surface area contributed by atoms with Crippen LogP contribution in [0, 0.1) is 0 Å². The molecule has 1 atom stereocenters. The van der Waals surface area contributed by atoms with E-state index in [1.807, 2.05) is 0 Å². The fourth-order valence-corrected chi connectivity index (χ4v) is 2.46. The molecule has 0 amide bonds. The minimum absolute atomic E-state index is 0.367. The van der Waals surface area contributed by atoms with Gasteiger partial charge in [0.2, 0.25) is 0 Å². The number of rotatable bonds is 5. The number of H-pyrrole nitrogens is 1. The Morgan fingerprint density at radius 2 is 2.00 bits per heavy atom. The number of aromatic nitrogens is 4. The first-order chi connectivity index (χ1) is 11.9. The van der Waals surface area contributed by atoms with Crippen LogP contribution in [0.25, 0.3) is 0 Å². The predicted molar refractivity (Wildman–Crippen MR) is 85.8 cm³/mol. The maximum absolute atomic E-state index is 13.0. The average Bonchev–Trinajstić information content (AvgIpc) is 3.11. The number of pyridine rings is 1. The molecule has 9 heteroatoms.